The van der Waals surface area contributed by atoms with E-state index in [1.807, 2.05) is 103 Å². The molecule has 0 bridgehead atoms. The molecule has 2 heterocycles. The van der Waals surface area contributed by atoms with Crippen LogP contribution >= 0.6 is 0 Å². The van der Waals surface area contributed by atoms with Gasteiger partial charge in [-0.2, -0.15) is 0 Å². The zero-order valence-corrected chi connectivity index (χ0v) is 33.1. The second-order valence-corrected chi connectivity index (χ2v) is 14.5. The average Bonchev–Trinajstić information content (AvgIpc) is 3.34. The Balaban J connectivity index is 0.000000159. The summed E-state index contributed by atoms with van der Waals surface area (Å²) < 4.78 is 23.7. The first-order chi connectivity index (χ1) is 29.5. The molecular weight excluding hydrogens is 745 g/mol. The van der Waals surface area contributed by atoms with E-state index >= 15 is 0 Å². The Morgan fingerprint density at radius 1 is 0.417 bits per heavy atom. The molecule has 8 aromatic rings. The maximum Gasteiger partial charge on any atom is 0.339 e. The SMILES string of the molecule is C1=CC(c2ccccc2)(c2ccccc2)Oc2ccc3ccccc3c21.COC(=O)c1c2c(c3ccccc3c1C(=O)OC)OC(c1ccccc1)(c1ccccc1)C=C2. The summed E-state index contributed by atoms with van der Waals surface area (Å²) in [6, 6.07) is 60.6. The molecule has 0 radical (unpaired) electrons. The fourth-order valence-electron chi connectivity index (χ4n) is 8.36. The van der Waals surface area contributed by atoms with E-state index in [2.05, 4.69) is 97.1 Å². The molecule has 0 aromatic heterocycles. The number of hydrogen-bond donors (Lipinski definition) is 0. The van der Waals surface area contributed by atoms with Crippen LogP contribution in [-0.2, 0) is 20.7 Å². The molecule has 0 amide bonds. The summed E-state index contributed by atoms with van der Waals surface area (Å²) in [4.78, 5) is 25.8. The minimum Gasteiger partial charge on any atom is -0.473 e. The van der Waals surface area contributed by atoms with E-state index in [0.717, 1.165) is 33.6 Å². The van der Waals surface area contributed by atoms with E-state index in [1.165, 1.54) is 25.0 Å². The first-order valence-electron chi connectivity index (χ1n) is 19.7. The van der Waals surface area contributed by atoms with Crippen LogP contribution in [-0.4, -0.2) is 26.2 Å². The molecule has 0 N–H and O–H groups in total. The Morgan fingerprint density at radius 2 is 0.833 bits per heavy atom. The highest BCUT2D eigenvalue weighted by molar-refractivity contribution is 6.17. The van der Waals surface area contributed by atoms with Crippen molar-refractivity contribution >= 4 is 45.6 Å². The number of methoxy groups -OCH3 is 2. The van der Waals surface area contributed by atoms with Gasteiger partial charge in [-0.1, -0.05) is 176 Å². The maximum absolute atomic E-state index is 13.0. The number of ether oxygens (including phenoxy) is 4. The Morgan fingerprint density at radius 3 is 1.35 bits per heavy atom. The Kier molecular flexibility index (Phi) is 10.0. The fraction of sp³-hybridized carbons (Fsp3) is 0.0741. The quantitative estimate of drug-likeness (QED) is 0.156. The molecule has 8 aromatic carbocycles. The lowest BCUT2D eigenvalue weighted by Gasteiger charge is -2.37. The normalized spacial score (nSPS) is 14.0. The molecule has 0 atom stereocenters. The average molecular weight is 785 g/mol. The van der Waals surface area contributed by atoms with Gasteiger partial charge >= 0.3 is 11.9 Å². The lowest BCUT2D eigenvalue weighted by Crippen LogP contribution is -2.35. The Hall–Kier alpha value is -7.70. The number of carbonyl (C=O) groups excluding carboxylic acids is 2. The van der Waals surface area contributed by atoms with Crippen molar-refractivity contribution in [3.63, 3.8) is 0 Å². The predicted octanol–water partition coefficient (Wildman–Crippen LogP) is 12.0. The molecule has 0 spiro atoms. The maximum atomic E-state index is 13.0. The number of fused-ring (bicyclic) bond motifs is 6. The number of carbonyl (C=O) groups is 2. The standard InChI is InChI=1S/C29H22O5.C25H18O/c1-32-27(30)24-21-15-9-10-16-22(21)26-23(25(24)28(31)33-2)17-18-29(34-26,19-11-5-3-6-12-19)20-13-7-4-8-14-20;1-3-10-20(11-4-1)25(21-12-5-2-6-13-21)18-17-23-22-14-8-7-9-19(22)15-16-24(23)26-25/h3-18H,1-2H3;1-18H. The van der Waals surface area contributed by atoms with E-state index in [4.69, 9.17) is 18.9 Å². The molecule has 2 aliphatic heterocycles. The number of benzene rings is 8. The molecule has 2 aliphatic rings. The summed E-state index contributed by atoms with van der Waals surface area (Å²) in [5.74, 6) is 0.163. The fourth-order valence-corrected chi connectivity index (χ4v) is 8.36. The minimum atomic E-state index is -0.932. The van der Waals surface area contributed by atoms with E-state index in [-0.39, 0.29) is 11.1 Å². The second kappa shape index (κ2) is 15.9. The van der Waals surface area contributed by atoms with Crippen LogP contribution in [0.25, 0.3) is 33.7 Å². The van der Waals surface area contributed by atoms with Gasteiger partial charge in [-0.05, 0) is 41.1 Å². The van der Waals surface area contributed by atoms with Crippen molar-refractivity contribution in [1.29, 1.82) is 0 Å². The van der Waals surface area contributed by atoms with E-state index < -0.39 is 23.1 Å². The summed E-state index contributed by atoms with van der Waals surface area (Å²) in [5, 5.41) is 3.70. The van der Waals surface area contributed by atoms with Gasteiger partial charge in [-0.25, -0.2) is 9.59 Å². The number of hydrogen-bond acceptors (Lipinski definition) is 6. The van der Waals surface area contributed by atoms with Gasteiger partial charge in [0.15, 0.2) is 11.2 Å². The van der Waals surface area contributed by atoms with Crippen LogP contribution in [0.4, 0.5) is 0 Å². The van der Waals surface area contributed by atoms with Gasteiger partial charge in [-0.15, -0.1) is 0 Å². The van der Waals surface area contributed by atoms with Crippen LogP contribution < -0.4 is 9.47 Å². The Labute approximate surface area is 348 Å². The van der Waals surface area contributed by atoms with Crippen molar-refractivity contribution in [1.82, 2.24) is 0 Å². The van der Waals surface area contributed by atoms with E-state index in [1.54, 1.807) is 6.07 Å². The highest BCUT2D eigenvalue weighted by Crippen LogP contribution is 2.48. The van der Waals surface area contributed by atoms with E-state index in [0.29, 0.717) is 22.1 Å². The van der Waals surface area contributed by atoms with Gasteiger partial charge in [0.2, 0.25) is 0 Å². The van der Waals surface area contributed by atoms with Gasteiger partial charge in [-0.3, -0.25) is 0 Å². The van der Waals surface area contributed by atoms with Crippen LogP contribution in [0.5, 0.6) is 11.5 Å². The highest BCUT2D eigenvalue weighted by atomic mass is 16.5. The van der Waals surface area contributed by atoms with Crippen LogP contribution in [0.15, 0.2) is 194 Å². The molecule has 0 fully saturated rings. The topological polar surface area (TPSA) is 71.1 Å². The van der Waals surface area contributed by atoms with Crippen molar-refractivity contribution in [2.75, 3.05) is 14.2 Å². The molecule has 0 unspecified atom stereocenters. The summed E-state index contributed by atoms with van der Waals surface area (Å²) in [5.41, 5.74) is 4.48. The van der Waals surface area contributed by atoms with Crippen molar-refractivity contribution in [2.24, 2.45) is 0 Å². The van der Waals surface area contributed by atoms with Gasteiger partial charge in [0.05, 0.1) is 25.3 Å². The zero-order chi connectivity index (χ0) is 41.1. The molecule has 10 rings (SSSR count). The summed E-state index contributed by atoms with van der Waals surface area (Å²) in [6.45, 7) is 0. The minimum absolute atomic E-state index is 0.119. The summed E-state index contributed by atoms with van der Waals surface area (Å²) >= 11 is 0. The molecule has 292 valence electrons. The van der Waals surface area contributed by atoms with Gasteiger partial charge in [0.25, 0.3) is 0 Å². The molecule has 60 heavy (non-hydrogen) atoms. The van der Waals surface area contributed by atoms with Crippen LogP contribution in [0, 0.1) is 0 Å². The first-order valence-corrected chi connectivity index (χ1v) is 19.7. The third-order valence-corrected chi connectivity index (χ3v) is 11.2. The number of rotatable bonds is 6. The van der Waals surface area contributed by atoms with Gasteiger partial charge in [0.1, 0.15) is 11.5 Å². The number of esters is 2. The van der Waals surface area contributed by atoms with Crippen LogP contribution in [0.2, 0.25) is 0 Å². The molecule has 6 nitrogen and oxygen atoms in total. The van der Waals surface area contributed by atoms with Gasteiger partial charge < -0.3 is 18.9 Å². The van der Waals surface area contributed by atoms with Crippen LogP contribution in [0.3, 0.4) is 0 Å². The Bertz CT molecular complexity index is 2840. The highest BCUT2D eigenvalue weighted by Gasteiger charge is 2.41. The largest absolute Gasteiger partial charge is 0.473 e. The van der Waals surface area contributed by atoms with E-state index in [9.17, 15) is 9.59 Å². The van der Waals surface area contributed by atoms with Crippen LogP contribution in [0.1, 0.15) is 54.1 Å². The van der Waals surface area contributed by atoms with Crippen molar-refractivity contribution in [2.45, 2.75) is 11.2 Å². The lowest BCUT2D eigenvalue weighted by atomic mass is 9.82. The monoisotopic (exact) mass is 784 g/mol. The van der Waals surface area contributed by atoms with Gasteiger partial charge in [0, 0.05) is 44.2 Å². The third kappa shape index (κ3) is 6.49. The second-order valence-electron chi connectivity index (χ2n) is 14.5. The summed E-state index contributed by atoms with van der Waals surface area (Å²) in [7, 11) is 2.58. The predicted molar refractivity (Wildman–Crippen MR) is 237 cm³/mol. The summed E-state index contributed by atoms with van der Waals surface area (Å²) in [6.07, 6.45) is 8.15. The molecule has 0 saturated heterocycles. The molecule has 6 heteroatoms. The third-order valence-electron chi connectivity index (χ3n) is 11.2. The molecule has 0 saturated carbocycles. The lowest BCUT2D eigenvalue weighted by molar-refractivity contribution is 0.0555. The van der Waals surface area contributed by atoms with Crippen molar-refractivity contribution < 1.29 is 28.5 Å². The molecule has 0 aliphatic carbocycles. The zero-order valence-electron chi connectivity index (χ0n) is 33.1. The molecular formula is C54H40O6. The smallest absolute Gasteiger partial charge is 0.339 e. The first kappa shape index (κ1) is 37.9. The van der Waals surface area contributed by atoms with Crippen molar-refractivity contribution in [3.8, 4) is 11.5 Å². The van der Waals surface area contributed by atoms with Crippen molar-refractivity contribution in [3.05, 3.63) is 239 Å².